The maximum Gasteiger partial charge on any atom is 0.0870 e. The van der Waals surface area contributed by atoms with E-state index >= 15 is 0 Å². The Balaban J connectivity index is 1.23. The Morgan fingerprint density at radius 1 is 0.409 bits per heavy atom. The minimum absolute atomic E-state index is 0.0305. The minimum atomic E-state index is -0.0691. The molecule has 0 bridgehead atoms. The average molecular weight is 570 g/mol. The normalized spacial score (nSPS) is 18.6. The van der Waals surface area contributed by atoms with Crippen LogP contribution < -0.4 is 16.0 Å². The van der Waals surface area contributed by atoms with Crippen molar-refractivity contribution in [2.45, 2.75) is 32.3 Å². The van der Waals surface area contributed by atoms with Crippen LogP contribution in [-0.2, 0) is 0 Å². The molecule has 0 saturated carbocycles. The zero-order valence-corrected chi connectivity index (χ0v) is 25.0. The Morgan fingerprint density at radius 2 is 1.02 bits per heavy atom. The minimum Gasteiger partial charge on any atom is -0.279 e. The van der Waals surface area contributed by atoms with Gasteiger partial charge in [0.2, 0.25) is 0 Å². The predicted molar refractivity (Wildman–Crippen MR) is 184 cm³/mol. The number of rotatable bonds is 4. The molecule has 1 aliphatic heterocycles. The van der Waals surface area contributed by atoms with E-state index in [0.29, 0.717) is 0 Å². The third-order valence-corrected chi connectivity index (χ3v) is 9.25. The van der Waals surface area contributed by atoms with Crippen molar-refractivity contribution in [2.24, 2.45) is 0 Å². The fourth-order valence-corrected chi connectivity index (χ4v) is 7.08. The van der Waals surface area contributed by atoms with Crippen molar-refractivity contribution in [2.75, 3.05) is 0 Å². The molecule has 1 saturated heterocycles. The van der Waals surface area contributed by atoms with Crippen LogP contribution in [0.15, 0.2) is 140 Å². The third kappa shape index (κ3) is 4.67. The quantitative estimate of drug-likeness (QED) is 0.185. The molecule has 1 fully saturated rings. The fraction of sp³-hybridized carbons (Fsp3) is 0.122. The van der Waals surface area contributed by atoms with Gasteiger partial charge in [-0.15, -0.1) is 0 Å². The number of benzene rings is 7. The van der Waals surface area contributed by atoms with Gasteiger partial charge in [0.15, 0.2) is 0 Å². The highest BCUT2D eigenvalue weighted by Gasteiger charge is 2.31. The first-order chi connectivity index (χ1) is 21.6. The van der Waals surface area contributed by atoms with Crippen LogP contribution in [0.5, 0.6) is 0 Å². The van der Waals surface area contributed by atoms with Crippen LogP contribution in [-0.4, -0.2) is 0 Å². The molecule has 1 aliphatic rings. The van der Waals surface area contributed by atoms with Crippen LogP contribution in [0.3, 0.4) is 0 Å². The van der Waals surface area contributed by atoms with E-state index in [1.807, 2.05) is 0 Å². The highest BCUT2D eigenvalue weighted by atomic mass is 15.4. The Kier molecular flexibility index (Phi) is 6.72. The molecule has 3 unspecified atom stereocenters. The lowest BCUT2D eigenvalue weighted by Gasteiger charge is -2.40. The lowest BCUT2D eigenvalue weighted by atomic mass is 9.91. The molecular formula is C41H35N3. The van der Waals surface area contributed by atoms with E-state index in [1.54, 1.807) is 0 Å². The van der Waals surface area contributed by atoms with E-state index in [-0.39, 0.29) is 18.5 Å². The maximum atomic E-state index is 3.96. The SMILES string of the molecule is Cc1cc(-c2c(C)ccc3ccccc23)ccc1C1NC(c2ccccc2)NC(c2cc3ccccc3c3ccccc23)N1. The second kappa shape index (κ2) is 11.0. The largest absolute Gasteiger partial charge is 0.279 e. The Hall–Kier alpha value is -4.80. The van der Waals surface area contributed by atoms with Crippen molar-refractivity contribution in [1.82, 2.24) is 16.0 Å². The molecule has 3 atom stereocenters. The molecule has 0 aliphatic carbocycles. The molecule has 7 aromatic carbocycles. The number of fused-ring (bicyclic) bond motifs is 4. The Labute approximate surface area is 258 Å². The average Bonchev–Trinajstić information content (AvgIpc) is 3.08. The number of hydrogen-bond donors (Lipinski definition) is 3. The summed E-state index contributed by atoms with van der Waals surface area (Å²) in [5, 5.41) is 19.4. The topological polar surface area (TPSA) is 36.1 Å². The lowest BCUT2D eigenvalue weighted by molar-refractivity contribution is 0.204. The van der Waals surface area contributed by atoms with Crippen LogP contribution in [0.4, 0.5) is 0 Å². The Bertz CT molecular complexity index is 2150. The summed E-state index contributed by atoms with van der Waals surface area (Å²) in [7, 11) is 0. The molecule has 214 valence electrons. The summed E-state index contributed by atoms with van der Waals surface area (Å²) in [6.07, 6.45) is -0.156. The molecule has 8 rings (SSSR count). The van der Waals surface area contributed by atoms with Gasteiger partial charge in [-0.05, 0) is 91.2 Å². The van der Waals surface area contributed by atoms with Crippen LogP contribution in [0.2, 0.25) is 0 Å². The standard InChI is InChI=1S/C41H35N3/c1-26-20-21-28-12-6-9-17-34(28)38(26)31-22-23-32(27(2)24-31)40-42-39(29-13-4-3-5-14-29)43-41(44-40)37-25-30-15-7-8-16-33(30)35-18-10-11-19-36(35)37/h3-25,39-44H,1-2H3. The van der Waals surface area contributed by atoms with Crippen molar-refractivity contribution in [3.8, 4) is 11.1 Å². The van der Waals surface area contributed by atoms with Crippen LogP contribution in [0, 0.1) is 13.8 Å². The molecule has 0 spiro atoms. The van der Waals surface area contributed by atoms with Crippen LogP contribution in [0.25, 0.3) is 43.4 Å². The molecule has 0 radical (unpaired) electrons. The van der Waals surface area contributed by atoms with E-state index in [4.69, 9.17) is 0 Å². The van der Waals surface area contributed by atoms with Gasteiger partial charge in [0.05, 0.1) is 18.5 Å². The van der Waals surface area contributed by atoms with Gasteiger partial charge < -0.3 is 0 Å². The summed E-state index contributed by atoms with van der Waals surface area (Å²) in [4.78, 5) is 0. The second-order valence-electron chi connectivity index (χ2n) is 12.0. The highest BCUT2D eigenvalue weighted by Crippen LogP contribution is 2.37. The molecule has 0 amide bonds. The number of aryl methyl sites for hydroxylation is 2. The van der Waals surface area contributed by atoms with E-state index < -0.39 is 0 Å². The van der Waals surface area contributed by atoms with Crippen molar-refractivity contribution in [3.63, 3.8) is 0 Å². The molecule has 44 heavy (non-hydrogen) atoms. The zero-order valence-electron chi connectivity index (χ0n) is 25.0. The molecule has 3 nitrogen and oxygen atoms in total. The smallest absolute Gasteiger partial charge is 0.0870 e. The first kappa shape index (κ1) is 26.8. The van der Waals surface area contributed by atoms with E-state index in [2.05, 4.69) is 169 Å². The van der Waals surface area contributed by atoms with Crippen LogP contribution >= 0.6 is 0 Å². The molecule has 0 aromatic heterocycles. The van der Waals surface area contributed by atoms with Crippen molar-refractivity contribution in [1.29, 1.82) is 0 Å². The third-order valence-electron chi connectivity index (χ3n) is 9.25. The first-order valence-corrected chi connectivity index (χ1v) is 15.5. The summed E-state index contributed by atoms with van der Waals surface area (Å²) in [5.41, 5.74) is 8.85. The molecular weight excluding hydrogens is 534 g/mol. The highest BCUT2D eigenvalue weighted by molar-refractivity contribution is 6.09. The summed E-state index contributed by atoms with van der Waals surface area (Å²) < 4.78 is 0. The molecule has 3 N–H and O–H groups in total. The van der Waals surface area contributed by atoms with E-state index in [1.165, 1.54) is 71.3 Å². The predicted octanol–water partition coefficient (Wildman–Crippen LogP) is 9.61. The summed E-state index contributed by atoms with van der Waals surface area (Å²) in [5.74, 6) is 0. The summed E-state index contributed by atoms with van der Waals surface area (Å²) in [6, 6.07) is 50.6. The molecule has 1 heterocycles. The van der Waals surface area contributed by atoms with Gasteiger partial charge in [0.25, 0.3) is 0 Å². The van der Waals surface area contributed by atoms with Gasteiger partial charge >= 0.3 is 0 Å². The monoisotopic (exact) mass is 569 g/mol. The van der Waals surface area contributed by atoms with Gasteiger partial charge in [-0.2, -0.15) is 0 Å². The fourth-order valence-electron chi connectivity index (χ4n) is 7.08. The van der Waals surface area contributed by atoms with Gasteiger partial charge in [-0.3, -0.25) is 16.0 Å². The van der Waals surface area contributed by atoms with Crippen molar-refractivity contribution in [3.05, 3.63) is 167 Å². The van der Waals surface area contributed by atoms with E-state index in [9.17, 15) is 0 Å². The number of nitrogens with one attached hydrogen (secondary N) is 3. The first-order valence-electron chi connectivity index (χ1n) is 15.5. The van der Waals surface area contributed by atoms with Gasteiger partial charge in [0.1, 0.15) is 0 Å². The second-order valence-corrected chi connectivity index (χ2v) is 12.0. The molecule has 7 aromatic rings. The van der Waals surface area contributed by atoms with Crippen molar-refractivity contribution >= 4 is 32.3 Å². The summed E-state index contributed by atoms with van der Waals surface area (Å²) in [6.45, 7) is 4.45. The maximum absolute atomic E-state index is 3.96. The van der Waals surface area contributed by atoms with Gasteiger partial charge in [0, 0.05) is 0 Å². The van der Waals surface area contributed by atoms with Gasteiger partial charge in [-0.1, -0.05) is 133 Å². The molecule has 3 heteroatoms. The van der Waals surface area contributed by atoms with Crippen LogP contribution in [0.1, 0.15) is 46.3 Å². The zero-order chi connectivity index (χ0) is 29.6. The van der Waals surface area contributed by atoms with E-state index in [0.717, 1.165) is 0 Å². The van der Waals surface area contributed by atoms with Crippen molar-refractivity contribution < 1.29 is 0 Å². The summed E-state index contributed by atoms with van der Waals surface area (Å²) >= 11 is 0. The lowest BCUT2D eigenvalue weighted by Crippen LogP contribution is -2.54. The van der Waals surface area contributed by atoms with Gasteiger partial charge in [-0.25, -0.2) is 0 Å². The Morgan fingerprint density at radius 3 is 1.80 bits per heavy atom. The number of hydrogen-bond acceptors (Lipinski definition) is 3.